The van der Waals surface area contributed by atoms with Gasteiger partial charge in [0.15, 0.2) is 19.7 Å². The van der Waals surface area contributed by atoms with E-state index in [2.05, 4.69) is 0 Å². The molecular formula is C10H14O5S2. The van der Waals surface area contributed by atoms with E-state index < -0.39 is 25.8 Å². The first-order valence-electron chi connectivity index (χ1n) is 4.76. The third-order valence-corrected chi connectivity index (χ3v) is 4.70. The second kappa shape index (κ2) is 4.40. The number of rotatable bonds is 3. The van der Waals surface area contributed by atoms with Gasteiger partial charge in [0, 0.05) is 18.1 Å². The maximum Gasteiger partial charge on any atom is 0.177 e. The molecule has 1 N–H and O–H groups in total. The van der Waals surface area contributed by atoms with E-state index in [1.54, 1.807) is 0 Å². The average Bonchev–Trinajstić information content (AvgIpc) is 2.13. The third-order valence-electron chi connectivity index (χ3n) is 2.23. The van der Waals surface area contributed by atoms with E-state index in [0.29, 0.717) is 0 Å². The molecule has 1 aromatic carbocycles. The summed E-state index contributed by atoms with van der Waals surface area (Å²) in [7, 11) is -7.39. The molecule has 0 aromatic heterocycles. The number of aliphatic hydroxyl groups excluding tert-OH is 1. The van der Waals surface area contributed by atoms with Crippen molar-refractivity contribution in [2.45, 2.75) is 22.8 Å². The molecule has 0 spiro atoms. The Bertz CT molecular complexity index is 627. The predicted octanol–water partition coefficient (Wildman–Crippen LogP) is 0.547. The molecule has 0 saturated heterocycles. The Balaban J connectivity index is 3.83. The van der Waals surface area contributed by atoms with Crippen LogP contribution in [0.25, 0.3) is 0 Å². The molecule has 96 valence electrons. The Morgan fingerprint density at radius 3 is 1.94 bits per heavy atom. The summed E-state index contributed by atoms with van der Waals surface area (Å²) in [6.07, 6.45) is 0.799. The first-order valence-corrected chi connectivity index (χ1v) is 8.54. The van der Waals surface area contributed by atoms with E-state index in [9.17, 15) is 21.9 Å². The molecular weight excluding hydrogens is 264 g/mol. The van der Waals surface area contributed by atoms with Crippen molar-refractivity contribution in [1.29, 1.82) is 0 Å². The zero-order valence-corrected chi connectivity index (χ0v) is 11.3. The van der Waals surface area contributed by atoms with Crippen molar-refractivity contribution in [3.63, 3.8) is 0 Å². The maximum atomic E-state index is 11.7. The molecule has 5 nitrogen and oxygen atoms in total. The van der Waals surface area contributed by atoms with Crippen LogP contribution < -0.4 is 0 Å². The number of hydrogen-bond acceptors (Lipinski definition) is 5. The normalized spacial score (nSPS) is 14.6. The summed E-state index contributed by atoms with van der Waals surface area (Å²) < 4.78 is 46.4. The van der Waals surface area contributed by atoms with E-state index >= 15 is 0 Å². The quantitative estimate of drug-likeness (QED) is 0.872. The topological polar surface area (TPSA) is 88.5 Å². The highest BCUT2D eigenvalue weighted by Gasteiger charge is 2.25. The van der Waals surface area contributed by atoms with Gasteiger partial charge in [-0.2, -0.15) is 0 Å². The zero-order chi connectivity index (χ0) is 13.4. The van der Waals surface area contributed by atoms with Crippen LogP contribution in [0, 0.1) is 0 Å². The van der Waals surface area contributed by atoms with Crippen LogP contribution in [-0.2, 0) is 19.7 Å². The van der Waals surface area contributed by atoms with Gasteiger partial charge in [-0.25, -0.2) is 16.8 Å². The van der Waals surface area contributed by atoms with Crippen LogP contribution in [0.4, 0.5) is 0 Å². The summed E-state index contributed by atoms with van der Waals surface area (Å²) in [5.74, 6) is 0. The minimum absolute atomic E-state index is 0.0930. The van der Waals surface area contributed by atoms with Crippen LogP contribution in [0.2, 0.25) is 0 Å². The predicted molar refractivity (Wildman–Crippen MR) is 63.3 cm³/mol. The highest BCUT2D eigenvalue weighted by atomic mass is 32.2. The highest BCUT2D eigenvalue weighted by molar-refractivity contribution is 7.93. The van der Waals surface area contributed by atoms with Crippen molar-refractivity contribution in [2.75, 3.05) is 12.5 Å². The smallest absolute Gasteiger partial charge is 0.177 e. The molecule has 0 aliphatic carbocycles. The van der Waals surface area contributed by atoms with E-state index in [1.165, 1.54) is 25.1 Å². The largest absolute Gasteiger partial charge is 0.389 e. The molecule has 0 fully saturated rings. The van der Waals surface area contributed by atoms with Crippen LogP contribution in [0.15, 0.2) is 28.0 Å². The second-order valence-electron chi connectivity index (χ2n) is 3.89. The number of benzene rings is 1. The van der Waals surface area contributed by atoms with Gasteiger partial charge in [-0.15, -0.1) is 0 Å². The molecule has 1 atom stereocenters. The molecule has 1 rings (SSSR count). The summed E-state index contributed by atoms with van der Waals surface area (Å²) in [5.41, 5.74) is 0.0930. The van der Waals surface area contributed by atoms with Crippen molar-refractivity contribution in [3.8, 4) is 0 Å². The molecule has 0 amide bonds. The Kier molecular flexibility index (Phi) is 3.66. The van der Waals surface area contributed by atoms with Gasteiger partial charge in [-0.1, -0.05) is 12.1 Å². The Morgan fingerprint density at radius 2 is 1.59 bits per heavy atom. The van der Waals surface area contributed by atoms with Crippen LogP contribution in [0.1, 0.15) is 18.6 Å². The lowest BCUT2D eigenvalue weighted by Crippen LogP contribution is -2.12. The van der Waals surface area contributed by atoms with Crippen molar-refractivity contribution in [1.82, 2.24) is 0 Å². The Labute approximate surface area is 101 Å². The molecule has 0 aliphatic rings. The summed E-state index contributed by atoms with van der Waals surface area (Å²) in [6.45, 7) is 1.38. The van der Waals surface area contributed by atoms with Gasteiger partial charge in [0.05, 0.1) is 15.9 Å². The number of hydrogen-bond donors (Lipinski definition) is 1. The van der Waals surface area contributed by atoms with E-state index in [-0.39, 0.29) is 15.4 Å². The summed E-state index contributed by atoms with van der Waals surface area (Å²) in [4.78, 5) is -0.601. The van der Waals surface area contributed by atoms with Crippen LogP contribution in [0.3, 0.4) is 0 Å². The van der Waals surface area contributed by atoms with Gasteiger partial charge >= 0.3 is 0 Å². The molecule has 0 heterocycles. The van der Waals surface area contributed by atoms with Crippen LogP contribution in [0.5, 0.6) is 0 Å². The molecule has 17 heavy (non-hydrogen) atoms. The summed E-state index contributed by atoms with van der Waals surface area (Å²) >= 11 is 0. The fraction of sp³-hybridized carbons (Fsp3) is 0.400. The first kappa shape index (κ1) is 14.1. The fourth-order valence-electron chi connectivity index (χ4n) is 1.55. The Morgan fingerprint density at radius 1 is 1.06 bits per heavy atom. The van der Waals surface area contributed by atoms with Crippen molar-refractivity contribution >= 4 is 19.7 Å². The van der Waals surface area contributed by atoms with Crippen molar-refractivity contribution in [3.05, 3.63) is 23.8 Å². The van der Waals surface area contributed by atoms with Gasteiger partial charge in [-0.05, 0) is 13.0 Å². The van der Waals surface area contributed by atoms with Crippen LogP contribution >= 0.6 is 0 Å². The molecule has 0 radical (unpaired) electrons. The lowest BCUT2D eigenvalue weighted by Gasteiger charge is -2.13. The average molecular weight is 278 g/mol. The lowest BCUT2D eigenvalue weighted by molar-refractivity contribution is 0.195. The molecule has 1 aromatic rings. The van der Waals surface area contributed by atoms with Gasteiger partial charge in [0.25, 0.3) is 0 Å². The maximum absolute atomic E-state index is 11.7. The summed E-state index contributed by atoms with van der Waals surface area (Å²) in [5, 5.41) is 9.50. The van der Waals surface area contributed by atoms with E-state index in [1.807, 2.05) is 0 Å². The highest BCUT2D eigenvalue weighted by Crippen LogP contribution is 2.28. The monoisotopic (exact) mass is 278 g/mol. The minimum atomic E-state index is -3.73. The molecule has 7 heteroatoms. The second-order valence-corrected chi connectivity index (χ2v) is 7.83. The third kappa shape index (κ3) is 3.05. The SMILES string of the molecule is CC(O)c1cccc(S(C)(=O)=O)c1S(C)(=O)=O. The molecule has 0 saturated carbocycles. The zero-order valence-electron chi connectivity index (χ0n) is 9.71. The number of aliphatic hydroxyl groups is 1. The molecule has 1 unspecified atom stereocenters. The van der Waals surface area contributed by atoms with Crippen molar-refractivity contribution < 1.29 is 21.9 Å². The first-order chi connectivity index (χ1) is 7.55. The number of sulfone groups is 2. The fourth-order valence-corrected chi connectivity index (χ4v) is 4.34. The van der Waals surface area contributed by atoms with Crippen LogP contribution in [-0.4, -0.2) is 34.5 Å². The Hall–Kier alpha value is -0.920. The van der Waals surface area contributed by atoms with Gasteiger partial charge < -0.3 is 5.11 Å². The minimum Gasteiger partial charge on any atom is -0.389 e. The van der Waals surface area contributed by atoms with E-state index in [0.717, 1.165) is 12.5 Å². The standard InChI is InChI=1S/C10H14O5S2/c1-7(11)8-5-4-6-9(16(2,12)13)10(8)17(3,14)15/h4-7,11H,1-3H3. The van der Waals surface area contributed by atoms with Gasteiger partial charge in [0.1, 0.15) is 0 Å². The van der Waals surface area contributed by atoms with Gasteiger partial charge in [-0.3, -0.25) is 0 Å². The molecule has 0 bridgehead atoms. The van der Waals surface area contributed by atoms with Crippen molar-refractivity contribution in [2.24, 2.45) is 0 Å². The van der Waals surface area contributed by atoms with E-state index in [4.69, 9.17) is 0 Å². The summed E-state index contributed by atoms with van der Waals surface area (Å²) in [6, 6.07) is 4.03. The van der Waals surface area contributed by atoms with Gasteiger partial charge in [0.2, 0.25) is 0 Å². The molecule has 0 aliphatic heterocycles. The lowest BCUT2D eigenvalue weighted by atomic mass is 10.1.